The molecule has 0 N–H and O–H groups in total. The number of aryl methyl sites for hydroxylation is 3. The lowest BCUT2D eigenvalue weighted by molar-refractivity contribution is -0.662. The number of hydrogen-bond donors (Lipinski definition) is 0. The molecule has 24 heavy (non-hydrogen) atoms. The second-order valence-electron chi connectivity index (χ2n) is 6.46. The molecule has 0 saturated heterocycles. The summed E-state index contributed by atoms with van der Waals surface area (Å²) in [4.78, 5) is 4.55. The van der Waals surface area contributed by atoms with E-state index in [1.165, 1.54) is 33.2 Å². The Balaban J connectivity index is 2.06. The van der Waals surface area contributed by atoms with Crippen LogP contribution in [-0.2, 0) is 7.05 Å². The van der Waals surface area contributed by atoms with E-state index in [9.17, 15) is 0 Å². The van der Waals surface area contributed by atoms with Crippen LogP contribution in [0.3, 0.4) is 0 Å². The van der Waals surface area contributed by atoms with Crippen LogP contribution in [0, 0.1) is 13.8 Å². The normalized spacial score (nSPS) is 12.3. The molecule has 0 atom stereocenters. The van der Waals surface area contributed by atoms with E-state index < -0.39 is 0 Å². The van der Waals surface area contributed by atoms with E-state index >= 15 is 0 Å². The highest BCUT2D eigenvalue weighted by Gasteiger charge is 2.30. The summed E-state index contributed by atoms with van der Waals surface area (Å²) in [7, 11) is 2.05. The van der Waals surface area contributed by atoms with E-state index in [1.807, 2.05) is 24.5 Å². The predicted octanol–water partition coefficient (Wildman–Crippen LogP) is 4.60. The summed E-state index contributed by atoms with van der Waals surface area (Å²) in [5.41, 5.74) is 5.77. The Hall–Kier alpha value is -2.94. The van der Waals surface area contributed by atoms with Crippen LogP contribution in [0.25, 0.3) is 32.9 Å². The van der Waals surface area contributed by atoms with Crippen molar-refractivity contribution in [1.29, 1.82) is 0 Å². The van der Waals surface area contributed by atoms with Gasteiger partial charge >= 0.3 is 0 Å². The van der Waals surface area contributed by atoms with Crippen molar-refractivity contribution in [2.24, 2.45) is 7.05 Å². The molecule has 1 aliphatic heterocycles. The Bertz CT molecular complexity index is 1160. The number of benzene rings is 3. The van der Waals surface area contributed by atoms with Crippen molar-refractivity contribution in [3.05, 3.63) is 59.9 Å². The van der Waals surface area contributed by atoms with Gasteiger partial charge in [0.15, 0.2) is 11.2 Å². The van der Waals surface area contributed by atoms with Gasteiger partial charge in [-0.2, -0.15) is 0 Å². The van der Waals surface area contributed by atoms with E-state index in [2.05, 4.69) is 54.7 Å². The minimum atomic E-state index is 0.886. The van der Waals surface area contributed by atoms with Gasteiger partial charge in [-0.25, -0.2) is 4.57 Å². The van der Waals surface area contributed by atoms with E-state index in [1.54, 1.807) is 0 Å². The highest BCUT2D eigenvalue weighted by molar-refractivity contribution is 6.05. The molecule has 0 bridgehead atoms. The molecule has 0 aliphatic carbocycles. The first-order valence-corrected chi connectivity index (χ1v) is 8.14. The molecule has 3 aromatic carbocycles. The van der Waals surface area contributed by atoms with Crippen molar-refractivity contribution in [3.8, 4) is 22.8 Å². The molecule has 4 aromatic rings. The van der Waals surface area contributed by atoms with Gasteiger partial charge in [0.05, 0.1) is 12.6 Å². The summed E-state index contributed by atoms with van der Waals surface area (Å²) in [6.45, 7) is 4.33. The maximum Gasteiger partial charge on any atom is 0.287 e. The highest BCUT2D eigenvalue weighted by Crippen LogP contribution is 2.49. The fourth-order valence-corrected chi connectivity index (χ4v) is 3.91. The second kappa shape index (κ2) is 4.54. The Kier molecular flexibility index (Phi) is 2.55. The minimum absolute atomic E-state index is 0.886. The Morgan fingerprint density at radius 3 is 2.46 bits per heavy atom. The number of nitrogens with zero attached hydrogens (tertiary/aromatic N) is 2. The van der Waals surface area contributed by atoms with Crippen molar-refractivity contribution in [2.45, 2.75) is 13.8 Å². The smallest absolute Gasteiger partial charge is 0.287 e. The maximum atomic E-state index is 6.37. The molecular formula is C21H17N2O+. The van der Waals surface area contributed by atoms with Gasteiger partial charge < -0.3 is 4.74 Å². The standard InChI is InChI=1S/C21H17N2O/c1-12-14-7-4-5-8-15(14)13(2)21-18(12)20-19-16(22-11-23(20)3)9-6-10-17(19)24-21/h4-11H,1-3H3/q+1. The number of aromatic nitrogens is 2. The van der Waals surface area contributed by atoms with Gasteiger partial charge in [-0.1, -0.05) is 30.3 Å². The number of ether oxygens (including phenoxy) is 1. The average molecular weight is 313 g/mol. The summed E-state index contributed by atoms with van der Waals surface area (Å²) in [5, 5.41) is 3.62. The fraction of sp³-hybridized carbons (Fsp3) is 0.143. The zero-order chi connectivity index (χ0) is 16.4. The molecule has 0 radical (unpaired) electrons. The molecule has 3 nitrogen and oxygen atoms in total. The Morgan fingerprint density at radius 1 is 0.917 bits per heavy atom. The quantitative estimate of drug-likeness (QED) is 0.390. The third-order valence-corrected chi connectivity index (χ3v) is 5.09. The summed E-state index contributed by atoms with van der Waals surface area (Å²) < 4.78 is 8.48. The Labute approximate surface area is 140 Å². The molecule has 0 unspecified atom stereocenters. The van der Waals surface area contributed by atoms with Crippen LogP contribution >= 0.6 is 0 Å². The van der Waals surface area contributed by atoms with Crippen molar-refractivity contribution in [1.82, 2.24) is 4.98 Å². The van der Waals surface area contributed by atoms with Gasteiger partial charge in [0.2, 0.25) is 0 Å². The first-order chi connectivity index (χ1) is 11.7. The van der Waals surface area contributed by atoms with E-state index in [-0.39, 0.29) is 0 Å². The van der Waals surface area contributed by atoms with Gasteiger partial charge in [0, 0.05) is 5.56 Å². The van der Waals surface area contributed by atoms with Gasteiger partial charge in [0.1, 0.15) is 16.9 Å². The third-order valence-electron chi connectivity index (χ3n) is 5.09. The largest absolute Gasteiger partial charge is 0.455 e. The molecule has 116 valence electrons. The predicted molar refractivity (Wildman–Crippen MR) is 95.4 cm³/mol. The van der Waals surface area contributed by atoms with Crippen LogP contribution in [0.2, 0.25) is 0 Å². The zero-order valence-electron chi connectivity index (χ0n) is 13.9. The molecule has 0 fully saturated rings. The molecule has 0 spiro atoms. The highest BCUT2D eigenvalue weighted by atomic mass is 16.5. The van der Waals surface area contributed by atoms with Crippen LogP contribution < -0.4 is 9.30 Å². The molecule has 0 amide bonds. The molecule has 1 aliphatic rings. The summed E-state index contributed by atoms with van der Waals surface area (Å²) in [6.07, 6.45) is 1.89. The monoisotopic (exact) mass is 313 g/mol. The summed E-state index contributed by atoms with van der Waals surface area (Å²) in [6, 6.07) is 14.6. The van der Waals surface area contributed by atoms with Gasteiger partial charge in [0.25, 0.3) is 6.33 Å². The van der Waals surface area contributed by atoms with Crippen LogP contribution in [0.4, 0.5) is 0 Å². The number of fused-ring (bicyclic) bond motifs is 3. The van der Waals surface area contributed by atoms with Crippen LogP contribution in [0.5, 0.6) is 11.5 Å². The fourth-order valence-electron chi connectivity index (χ4n) is 3.91. The lowest BCUT2D eigenvalue weighted by atomic mass is 9.90. The first-order valence-electron chi connectivity index (χ1n) is 8.14. The molecule has 5 rings (SSSR count). The lowest BCUT2D eigenvalue weighted by Gasteiger charge is -2.24. The average Bonchev–Trinajstić information content (AvgIpc) is 2.62. The molecule has 2 heterocycles. The minimum Gasteiger partial charge on any atom is -0.455 e. The van der Waals surface area contributed by atoms with Gasteiger partial charge in [-0.3, -0.25) is 0 Å². The van der Waals surface area contributed by atoms with Gasteiger partial charge in [-0.05, 0) is 47.3 Å². The summed E-state index contributed by atoms with van der Waals surface area (Å²) >= 11 is 0. The van der Waals surface area contributed by atoms with Crippen molar-refractivity contribution >= 4 is 21.7 Å². The number of hydrogen-bond acceptors (Lipinski definition) is 2. The Morgan fingerprint density at radius 2 is 1.67 bits per heavy atom. The van der Waals surface area contributed by atoms with Crippen LogP contribution in [0.1, 0.15) is 11.1 Å². The van der Waals surface area contributed by atoms with E-state index in [0.717, 1.165) is 22.4 Å². The molecule has 3 heteroatoms. The lowest BCUT2D eigenvalue weighted by Crippen LogP contribution is -2.33. The van der Waals surface area contributed by atoms with Crippen LogP contribution in [0.15, 0.2) is 48.8 Å². The maximum absolute atomic E-state index is 6.37. The van der Waals surface area contributed by atoms with Crippen LogP contribution in [-0.4, -0.2) is 4.98 Å². The van der Waals surface area contributed by atoms with E-state index in [4.69, 9.17) is 4.74 Å². The molecule has 1 aromatic heterocycles. The van der Waals surface area contributed by atoms with Crippen molar-refractivity contribution in [2.75, 3.05) is 0 Å². The zero-order valence-corrected chi connectivity index (χ0v) is 13.9. The molecule has 0 saturated carbocycles. The topological polar surface area (TPSA) is 26.0 Å². The number of rotatable bonds is 0. The van der Waals surface area contributed by atoms with Crippen molar-refractivity contribution < 1.29 is 9.30 Å². The van der Waals surface area contributed by atoms with Gasteiger partial charge in [-0.15, -0.1) is 0 Å². The summed E-state index contributed by atoms with van der Waals surface area (Å²) in [5.74, 6) is 1.85. The SMILES string of the molecule is Cc1c2c(c(C)c3ccccc13)-c1c3c(cccc3nc[n+]1C)O2. The first kappa shape index (κ1) is 13.5. The third kappa shape index (κ3) is 1.56. The van der Waals surface area contributed by atoms with E-state index in [0.29, 0.717) is 0 Å². The van der Waals surface area contributed by atoms with Crippen molar-refractivity contribution in [3.63, 3.8) is 0 Å². The second-order valence-corrected chi connectivity index (χ2v) is 6.46. The molecular weight excluding hydrogens is 296 g/mol.